The normalized spacial score (nSPS) is 18.8. The van der Waals surface area contributed by atoms with Crippen molar-refractivity contribution in [1.82, 2.24) is 4.90 Å². The lowest BCUT2D eigenvalue weighted by molar-refractivity contribution is -0.130. The molecule has 1 amide bonds. The summed E-state index contributed by atoms with van der Waals surface area (Å²) >= 11 is 6.21. The van der Waals surface area contributed by atoms with Crippen molar-refractivity contribution in [3.63, 3.8) is 0 Å². The minimum atomic E-state index is -0.287. The molecule has 17 heavy (non-hydrogen) atoms. The molecule has 1 fully saturated rings. The Bertz CT molecular complexity index is 212. The highest BCUT2D eigenvalue weighted by atomic mass is 35.5. The quantitative estimate of drug-likeness (QED) is 0.522. The van der Waals surface area contributed by atoms with E-state index < -0.39 is 0 Å². The molecule has 0 aromatic heterocycles. The molecule has 1 rings (SSSR count). The predicted octanol–water partition coefficient (Wildman–Crippen LogP) is 3.97. The molecule has 1 aliphatic heterocycles. The number of alkyl halides is 1. The van der Waals surface area contributed by atoms with Crippen LogP contribution in [0, 0.1) is 0 Å². The Labute approximate surface area is 111 Å². The fourth-order valence-electron chi connectivity index (χ4n) is 2.36. The summed E-state index contributed by atoms with van der Waals surface area (Å²) in [5, 5.41) is -0.287. The second kappa shape index (κ2) is 8.79. The van der Waals surface area contributed by atoms with Crippen LogP contribution in [0.2, 0.25) is 0 Å². The summed E-state index contributed by atoms with van der Waals surface area (Å²) in [5.74, 6) is 0.171. The molecule has 2 nitrogen and oxygen atoms in total. The summed E-state index contributed by atoms with van der Waals surface area (Å²) in [7, 11) is 0. The van der Waals surface area contributed by atoms with Crippen LogP contribution in [0.15, 0.2) is 0 Å². The van der Waals surface area contributed by atoms with Gasteiger partial charge in [-0.05, 0) is 19.3 Å². The van der Waals surface area contributed by atoms with E-state index in [1.807, 2.05) is 4.90 Å². The van der Waals surface area contributed by atoms with Crippen LogP contribution < -0.4 is 0 Å². The van der Waals surface area contributed by atoms with Crippen LogP contribution in [0.4, 0.5) is 0 Å². The van der Waals surface area contributed by atoms with Crippen LogP contribution in [-0.2, 0) is 4.79 Å². The van der Waals surface area contributed by atoms with Gasteiger partial charge in [-0.3, -0.25) is 4.79 Å². The van der Waals surface area contributed by atoms with Gasteiger partial charge in [-0.25, -0.2) is 0 Å². The number of nitrogens with zero attached hydrogens (tertiary/aromatic N) is 1. The van der Waals surface area contributed by atoms with Crippen molar-refractivity contribution in [3.8, 4) is 0 Å². The zero-order chi connectivity index (χ0) is 12.5. The van der Waals surface area contributed by atoms with E-state index in [4.69, 9.17) is 11.6 Å². The van der Waals surface area contributed by atoms with Crippen molar-refractivity contribution < 1.29 is 4.79 Å². The molecular formula is C14H26ClNO. The first-order valence-corrected chi connectivity index (χ1v) is 7.62. The maximum absolute atomic E-state index is 12.1. The number of unbranched alkanes of at least 4 members (excludes halogenated alkanes) is 3. The summed E-state index contributed by atoms with van der Waals surface area (Å²) < 4.78 is 0. The van der Waals surface area contributed by atoms with Gasteiger partial charge in [0, 0.05) is 13.1 Å². The maximum Gasteiger partial charge on any atom is 0.240 e. The Hall–Kier alpha value is -0.240. The molecule has 0 aliphatic carbocycles. The largest absolute Gasteiger partial charge is 0.341 e. The first kappa shape index (κ1) is 14.8. The third kappa shape index (κ3) is 5.76. The van der Waals surface area contributed by atoms with E-state index in [-0.39, 0.29) is 11.3 Å². The predicted molar refractivity (Wildman–Crippen MR) is 73.4 cm³/mol. The molecule has 0 saturated carbocycles. The molecule has 1 unspecified atom stereocenters. The van der Waals surface area contributed by atoms with Crippen molar-refractivity contribution in [2.45, 2.75) is 70.1 Å². The molecular weight excluding hydrogens is 234 g/mol. The Balaban J connectivity index is 2.24. The average Bonchev–Trinajstić information content (AvgIpc) is 2.62. The lowest BCUT2D eigenvalue weighted by Crippen LogP contribution is -2.37. The van der Waals surface area contributed by atoms with E-state index in [1.165, 1.54) is 32.1 Å². The fourth-order valence-corrected chi connectivity index (χ4v) is 2.66. The number of halogens is 1. The Kier molecular flexibility index (Phi) is 7.67. The lowest BCUT2D eigenvalue weighted by Gasteiger charge is -2.23. The van der Waals surface area contributed by atoms with Crippen molar-refractivity contribution in [1.29, 1.82) is 0 Å². The zero-order valence-corrected chi connectivity index (χ0v) is 11.8. The van der Waals surface area contributed by atoms with Crippen molar-refractivity contribution in [3.05, 3.63) is 0 Å². The first-order chi connectivity index (χ1) is 8.25. The summed E-state index contributed by atoms with van der Waals surface area (Å²) in [6, 6.07) is 0. The number of carbonyl (C=O) groups is 1. The highest BCUT2D eigenvalue weighted by molar-refractivity contribution is 6.30. The SMILES string of the molecule is CCCCCCC(Cl)C(=O)N1CCCCCC1. The van der Waals surface area contributed by atoms with Gasteiger partial charge in [0.25, 0.3) is 0 Å². The number of rotatable bonds is 6. The number of hydrogen-bond acceptors (Lipinski definition) is 1. The molecule has 1 saturated heterocycles. The van der Waals surface area contributed by atoms with Crippen LogP contribution in [0.3, 0.4) is 0 Å². The second-order valence-electron chi connectivity index (χ2n) is 5.06. The minimum Gasteiger partial charge on any atom is -0.341 e. The monoisotopic (exact) mass is 259 g/mol. The van der Waals surface area contributed by atoms with Crippen LogP contribution in [0.1, 0.15) is 64.7 Å². The van der Waals surface area contributed by atoms with Gasteiger partial charge in [-0.2, -0.15) is 0 Å². The average molecular weight is 260 g/mol. The van der Waals surface area contributed by atoms with Gasteiger partial charge >= 0.3 is 0 Å². The minimum absolute atomic E-state index is 0.171. The number of likely N-dealkylation sites (tertiary alicyclic amines) is 1. The van der Waals surface area contributed by atoms with E-state index in [0.29, 0.717) is 0 Å². The lowest BCUT2D eigenvalue weighted by atomic mass is 10.1. The van der Waals surface area contributed by atoms with E-state index in [0.717, 1.165) is 38.8 Å². The van der Waals surface area contributed by atoms with Gasteiger partial charge < -0.3 is 4.90 Å². The molecule has 0 aromatic rings. The van der Waals surface area contributed by atoms with Crippen molar-refractivity contribution in [2.24, 2.45) is 0 Å². The number of carbonyl (C=O) groups excluding carboxylic acids is 1. The number of hydrogen-bond donors (Lipinski definition) is 0. The van der Waals surface area contributed by atoms with E-state index in [1.54, 1.807) is 0 Å². The number of amides is 1. The Morgan fingerprint density at radius 1 is 1.12 bits per heavy atom. The second-order valence-corrected chi connectivity index (χ2v) is 5.58. The Morgan fingerprint density at radius 2 is 1.76 bits per heavy atom. The topological polar surface area (TPSA) is 20.3 Å². The summed E-state index contributed by atoms with van der Waals surface area (Å²) in [6.07, 6.45) is 10.4. The van der Waals surface area contributed by atoms with Gasteiger partial charge in [0.2, 0.25) is 5.91 Å². The molecule has 0 aromatic carbocycles. The van der Waals surface area contributed by atoms with Gasteiger partial charge in [0.15, 0.2) is 0 Å². The van der Waals surface area contributed by atoms with Gasteiger partial charge in [0.1, 0.15) is 5.38 Å². The third-order valence-corrected chi connectivity index (χ3v) is 3.90. The first-order valence-electron chi connectivity index (χ1n) is 7.18. The Morgan fingerprint density at radius 3 is 2.35 bits per heavy atom. The van der Waals surface area contributed by atoms with Crippen LogP contribution in [0.5, 0.6) is 0 Å². The zero-order valence-electron chi connectivity index (χ0n) is 11.1. The van der Waals surface area contributed by atoms with Crippen molar-refractivity contribution >= 4 is 17.5 Å². The summed E-state index contributed by atoms with van der Waals surface area (Å²) in [5.41, 5.74) is 0. The molecule has 0 N–H and O–H groups in total. The standard InChI is InChI=1S/C14H26ClNO/c1-2-3-4-7-10-13(15)14(17)16-11-8-5-6-9-12-16/h13H,2-12H2,1H3. The van der Waals surface area contributed by atoms with Crippen LogP contribution in [-0.4, -0.2) is 29.3 Å². The van der Waals surface area contributed by atoms with Gasteiger partial charge in [-0.15, -0.1) is 11.6 Å². The molecule has 3 heteroatoms. The highest BCUT2D eigenvalue weighted by Crippen LogP contribution is 2.16. The molecule has 0 spiro atoms. The molecule has 0 bridgehead atoms. The van der Waals surface area contributed by atoms with Crippen molar-refractivity contribution in [2.75, 3.05) is 13.1 Å². The van der Waals surface area contributed by atoms with Crippen LogP contribution >= 0.6 is 11.6 Å². The highest BCUT2D eigenvalue weighted by Gasteiger charge is 2.22. The maximum atomic E-state index is 12.1. The van der Waals surface area contributed by atoms with E-state index in [9.17, 15) is 4.79 Å². The van der Waals surface area contributed by atoms with E-state index >= 15 is 0 Å². The molecule has 1 atom stereocenters. The van der Waals surface area contributed by atoms with Crippen LogP contribution in [0.25, 0.3) is 0 Å². The summed E-state index contributed by atoms with van der Waals surface area (Å²) in [6.45, 7) is 4.02. The summed E-state index contributed by atoms with van der Waals surface area (Å²) in [4.78, 5) is 14.1. The molecule has 0 radical (unpaired) electrons. The van der Waals surface area contributed by atoms with E-state index in [2.05, 4.69) is 6.92 Å². The fraction of sp³-hybridized carbons (Fsp3) is 0.929. The molecule has 100 valence electrons. The molecule has 1 aliphatic rings. The smallest absolute Gasteiger partial charge is 0.240 e. The molecule has 1 heterocycles. The van der Waals surface area contributed by atoms with Gasteiger partial charge in [-0.1, -0.05) is 45.4 Å². The van der Waals surface area contributed by atoms with Gasteiger partial charge in [0.05, 0.1) is 0 Å². The third-order valence-electron chi connectivity index (χ3n) is 3.50.